The van der Waals surface area contributed by atoms with Crippen LogP contribution in [-0.2, 0) is 4.79 Å². The van der Waals surface area contributed by atoms with Crippen molar-refractivity contribution in [3.8, 4) is 0 Å². The topological polar surface area (TPSA) is 75.3 Å². The average molecular weight is 177 g/mol. The van der Waals surface area contributed by atoms with Gasteiger partial charge in [-0.2, -0.15) is 0 Å². The van der Waals surface area contributed by atoms with Gasteiger partial charge in [0, 0.05) is 13.1 Å². The molecule has 0 saturated heterocycles. The summed E-state index contributed by atoms with van der Waals surface area (Å²) < 4.78 is 0. The van der Waals surface area contributed by atoms with Crippen LogP contribution >= 0.6 is 0 Å². The molecule has 4 nitrogen and oxygen atoms in total. The van der Waals surface area contributed by atoms with Crippen molar-refractivity contribution in [1.82, 2.24) is 5.32 Å². The number of carboxylic acid groups (broad SMARTS) is 1. The summed E-state index contributed by atoms with van der Waals surface area (Å²) in [6.07, 6.45) is 0. The van der Waals surface area contributed by atoms with Crippen molar-refractivity contribution in [2.24, 2.45) is 5.73 Å². The van der Waals surface area contributed by atoms with Gasteiger partial charge in [-0.3, -0.25) is 4.79 Å². The van der Waals surface area contributed by atoms with Crippen LogP contribution < -0.4 is 53.0 Å². The molecular formula is C4H10ClN2NaO2. The van der Waals surface area contributed by atoms with Gasteiger partial charge in [-0.05, 0) is 0 Å². The Labute approximate surface area is 88.2 Å². The first-order chi connectivity index (χ1) is 3.77. The van der Waals surface area contributed by atoms with Crippen molar-refractivity contribution in [3.05, 3.63) is 0 Å². The monoisotopic (exact) mass is 176 g/mol. The molecule has 0 aromatic rings. The van der Waals surface area contributed by atoms with Crippen LogP contribution in [0, 0.1) is 0 Å². The molecule has 0 radical (unpaired) electrons. The molecule has 0 spiro atoms. The maximum Gasteiger partial charge on any atom is 1.00 e. The van der Waals surface area contributed by atoms with E-state index >= 15 is 0 Å². The molecule has 0 atom stereocenters. The molecule has 0 heterocycles. The summed E-state index contributed by atoms with van der Waals surface area (Å²) in [5, 5.41) is 10.6. The standard InChI is InChI=1S/C4H10N2O2.ClH.Na/c5-1-2-6-3-4(7)8;;/h6H,1-3,5H2,(H,7,8);1H;/q;;+1/p-1. The van der Waals surface area contributed by atoms with Gasteiger partial charge < -0.3 is 28.6 Å². The minimum atomic E-state index is -0.849. The van der Waals surface area contributed by atoms with Gasteiger partial charge in [-0.25, -0.2) is 0 Å². The summed E-state index contributed by atoms with van der Waals surface area (Å²) >= 11 is 0. The van der Waals surface area contributed by atoms with Crippen molar-refractivity contribution in [2.75, 3.05) is 19.6 Å². The van der Waals surface area contributed by atoms with E-state index in [0.29, 0.717) is 13.1 Å². The Morgan fingerprint density at radius 3 is 2.40 bits per heavy atom. The van der Waals surface area contributed by atoms with Gasteiger partial charge >= 0.3 is 35.5 Å². The first kappa shape index (κ1) is 17.0. The third kappa shape index (κ3) is 15.9. The number of carbonyl (C=O) groups is 1. The van der Waals surface area contributed by atoms with Gasteiger partial charge in [0.1, 0.15) is 0 Å². The van der Waals surface area contributed by atoms with E-state index in [1.165, 1.54) is 0 Å². The molecule has 0 aromatic carbocycles. The molecular weight excluding hydrogens is 166 g/mol. The molecule has 0 saturated carbocycles. The van der Waals surface area contributed by atoms with Crippen molar-refractivity contribution in [2.45, 2.75) is 0 Å². The minimum Gasteiger partial charge on any atom is -1.00 e. The molecule has 0 aromatic heterocycles. The van der Waals surface area contributed by atoms with Gasteiger partial charge in [-0.1, -0.05) is 0 Å². The molecule has 0 amide bonds. The normalized spacial score (nSPS) is 7.30. The molecule has 4 N–H and O–H groups in total. The summed E-state index contributed by atoms with van der Waals surface area (Å²) in [4.78, 5) is 9.77. The number of halogens is 1. The number of hydrogen-bond donors (Lipinski definition) is 3. The van der Waals surface area contributed by atoms with Crippen LogP contribution in [0.15, 0.2) is 0 Å². The molecule has 0 unspecified atom stereocenters. The van der Waals surface area contributed by atoms with E-state index in [9.17, 15) is 4.79 Å². The summed E-state index contributed by atoms with van der Waals surface area (Å²) in [6, 6.07) is 0. The SMILES string of the molecule is NCCNCC(=O)O.[Cl-].[Na+]. The van der Waals surface area contributed by atoms with E-state index in [1.54, 1.807) is 0 Å². The Morgan fingerprint density at radius 2 is 2.10 bits per heavy atom. The Kier molecular flexibility index (Phi) is 21.0. The number of rotatable bonds is 4. The van der Waals surface area contributed by atoms with E-state index in [-0.39, 0.29) is 48.5 Å². The van der Waals surface area contributed by atoms with E-state index in [2.05, 4.69) is 5.32 Å². The molecule has 0 rings (SSSR count). The molecule has 0 aliphatic rings. The molecule has 56 valence electrons. The van der Waals surface area contributed by atoms with Crippen molar-refractivity contribution in [3.63, 3.8) is 0 Å². The minimum absolute atomic E-state index is 0. The molecule has 10 heavy (non-hydrogen) atoms. The third-order valence-corrected chi connectivity index (χ3v) is 0.597. The number of hydrogen-bond acceptors (Lipinski definition) is 3. The van der Waals surface area contributed by atoms with Crippen molar-refractivity contribution >= 4 is 5.97 Å². The second-order valence-corrected chi connectivity index (χ2v) is 1.36. The van der Waals surface area contributed by atoms with Gasteiger partial charge in [0.15, 0.2) is 0 Å². The predicted molar refractivity (Wildman–Crippen MR) is 29.6 cm³/mol. The number of nitrogens with one attached hydrogen (secondary N) is 1. The smallest absolute Gasteiger partial charge is 1.00 e. The second-order valence-electron chi connectivity index (χ2n) is 1.36. The van der Waals surface area contributed by atoms with Crippen molar-refractivity contribution < 1.29 is 51.9 Å². The van der Waals surface area contributed by atoms with Crippen LogP contribution in [0.25, 0.3) is 0 Å². The van der Waals surface area contributed by atoms with Crippen LogP contribution in [0.5, 0.6) is 0 Å². The summed E-state index contributed by atoms with van der Waals surface area (Å²) in [5.41, 5.74) is 5.06. The van der Waals surface area contributed by atoms with Crippen LogP contribution in [0.2, 0.25) is 0 Å². The van der Waals surface area contributed by atoms with Gasteiger partial charge in [0.05, 0.1) is 6.54 Å². The molecule has 0 bridgehead atoms. The number of aliphatic carboxylic acids is 1. The fraction of sp³-hybridized carbons (Fsp3) is 0.750. The van der Waals surface area contributed by atoms with Gasteiger partial charge in [0.2, 0.25) is 0 Å². The van der Waals surface area contributed by atoms with E-state index in [4.69, 9.17) is 10.8 Å². The maximum absolute atomic E-state index is 9.77. The van der Waals surface area contributed by atoms with E-state index in [0.717, 1.165) is 0 Å². The number of nitrogens with two attached hydrogens (primary N) is 1. The zero-order valence-electron chi connectivity index (χ0n) is 5.93. The predicted octanol–water partition coefficient (Wildman–Crippen LogP) is -7.37. The quantitative estimate of drug-likeness (QED) is 0.294. The number of carboxylic acids is 1. The Balaban J connectivity index is -0.000000245. The van der Waals surface area contributed by atoms with E-state index < -0.39 is 5.97 Å². The zero-order valence-corrected chi connectivity index (χ0v) is 8.69. The van der Waals surface area contributed by atoms with Crippen LogP contribution in [-0.4, -0.2) is 30.7 Å². The third-order valence-electron chi connectivity index (χ3n) is 0.597. The van der Waals surface area contributed by atoms with Crippen LogP contribution in [0.4, 0.5) is 0 Å². The summed E-state index contributed by atoms with van der Waals surface area (Å²) in [6.45, 7) is 1.04. The summed E-state index contributed by atoms with van der Waals surface area (Å²) in [5.74, 6) is -0.849. The molecule has 6 heteroatoms. The first-order valence-corrected chi connectivity index (χ1v) is 2.40. The Bertz CT molecular complexity index is 83.7. The van der Waals surface area contributed by atoms with Crippen LogP contribution in [0.3, 0.4) is 0 Å². The van der Waals surface area contributed by atoms with E-state index in [1.807, 2.05) is 0 Å². The first-order valence-electron chi connectivity index (χ1n) is 2.40. The fourth-order valence-electron chi connectivity index (χ4n) is 0.297. The maximum atomic E-state index is 9.77. The fourth-order valence-corrected chi connectivity index (χ4v) is 0.297. The van der Waals surface area contributed by atoms with Crippen LogP contribution in [0.1, 0.15) is 0 Å². The summed E-state index contributed by atoms with van der Waals surface area (Å²) in [7, 11) is 0. The second kappa shape index (κ2) is 12.4. The average Bonchev–Trinajstić information content (AvgIpc) is 1.66. The molecule has 0 fully saturated rings. The zero-order chi connectivity index (χ0) is 6.41. The Morgan fingerprint density at radius 1 is 1.60 bits per heavy atom. The Hall–Kier alpha value is 0.680. The molecule has 0 aliphatic carbocycles. The largest absolute Gasteiger partial charge is 1.00 e. The van der Waals surface area contributed by atoms with Crippen molar-refractivity contribution in [1.29, 1.82) is 0 Å². The van der Waals surface area contributed by atoms with Gasteiger partial charge in [0.25, 0.3) is 0 Å². The molecule has 0 aliphatic heterocycles. The van der Waals surface area contributed by atoms with Gasteiger partial charge in [-0.15, -0.1) is 0 Å².